The minimum atomic E-state index is 0.334. The van der Waals surface area contributed by atoms with Crippen LogP contribution in [0.25, 0.3) is 33.7 Å². The van der Waals surface area contributed by atoms with Crippen LogP contribution in [0.15, 0.2) is 60.7 Å². The molecular formula is C32H33N6O+. The number of nitrogens with zero attached hydrogens (tertiary/aromatic N) is 5. The van der Waals surface area contributed by atoms with E-state index in [1.165, 1.54) is 37.7 Å². The van der Waals surface area contributed by atoms with Crippen LogP contribution in [-0.4, -0.2) is 46.8 Å². The molecule has 2 aromatic heterocycles. The van der Waals surface area contributed by atoms with Crippen LogP contribution in [-0.2, 0) is 5.41 Å². The van der Waals surface area contributed by atoms with Gasteiger partial charge in [-0.25, -0.2) is 14.6 Å². The van der Waals surface area contributed by atoms with Crippen molar-refractivity contribution in [3.8, 4) is 22.7 Å². The minimum absolute atomic E-state index is 0.334. The summed E-state index contributed by atoms with van der Waals surface area (Å²) < 4.78 is 12.4. The van der Waals surface area contributed by atoms with Crippen LogP contribution in [0.5, 0.6) is 5.75 Å². The highest BCUT2D eigenvalue weighted by Crippen LogP contribution is 2.47. The second kappa shape index (κ2) is 9.14. The highest BCUT2D eigenvalue weighted by Gasteiger charge is 2.37. The smallest absolute Gasteiger partial charge is 0.376 e. The molecule has 4 aromatic rings. The second-order valence-electron chi connectivity index (χ2n) is 10.9. The fourth-order valence-electron chi connectivity index (χ4n) is 6.33. The van der Waals surface area contributed by atoms with Crippen LogP contribution in [0, 0.1) is 0 Å². The molecule has 196 valence electrons. The number of allylic oxidation sites excluding steroid dienone is 1. The number of imidazole rings is 1. The summed E-state index contributed by atoms with van der Waals surface area (Å²) in [6, 6.07) is 19.4. The number of hydrogen-bond acceptors (Lipinski definition) is 5. The summed E-state index contributed by atoms with van der Waals surface area (Å²) in [6.45, 7) is 3.85. The van der Waals surface area contributed by atoms with Gasteiger partial charge in [-0.2, -0.15) is 0 Å². The minimum Gasteiger partial charge on any atom is -0.490 e. The van der Waals surface area contributed by atoms with E-state index in [9.17, 15) is 0 Å². The molecule has 7 heteroatoms. The third-order valence-electron chi connectivity index (χ3n) is 8.60. The highest BCUT2D eigenvalue weighted by atomic mass is 16.5. The molecular weight excluding hydrogens is 484 g/mol. The predicted octanol–water partition coefficient (Wildman–Crippen LogP) is 5.03. The molecule has 2 N–H and O–H groups in total. The number of benzene rings is 2. The number of nitrogens with two attached hydrogens (primary N) is 1. The Morgan fingerprint density at radius 3 is 2.62 bits per heavy atom. The molecule has 0 bridgehead atoms. The Morgan fingerprint density at radius 2 is 1.90 bits per heavy atom. The summed E-state index contributed by atoms with van der Waals surface area (Å²) in [4.78, 5) is 12.4. The molecule has 0 saturated heterocycles. The van der Waals surface area contributed by atoms with Crippen molar-refractivity contribution in [1.82, 2.24) is 19.2 Å². The first-order valence-electron chi connectivity index (χ1n) is 13.9. The Kier molecular flexibility index (Phi) is 5.56. The zero-order chi connectivity index (χ0) is 26.6. The summed E-state index contributed by atoms with van der Waals surface area (Å²) in [6.07, 6.45) is 9.97. The number of hydrogen-bond donors (Lipinski definition) is 1. The molecule has 0 amide bonds. The topological polar surface area (TPSA) is 83.3 Å². The van der Waals surface area contributed by atoms with E-state index in [-0.39, 0.29) is 0 Å². The van der Waals surface area contributed by atoms with Gasteiger partial charge in [0.05, 0.1) is 17.9 Å². The first kappa shape index (κ1) is 23.7. The molecule has 4 heterocycles. The first-order chi connectivity index (χ1) is 19.1. The van der Waals surface area contributed by atoms with Gasteiger partial charge in [0.25, 0.3) is 0 Å². The lowest BCUT2D eigenvalue weighted by molar-refractivity contribution is 0.224. The molecule has 0 unspecified atom stereocenters. The fraction of sp³-hybridized carbons (Fsp3) is 0.312. The van der Waals surface area contributed by atoms with Gasteiger partial charge in [0.2, 0.25) is 0 Å². The van der Waals surface area contributed by atoms with Crippen molar-refractivity contribution >= 4 is 34.5 Å². The van der Waals surface area contributed by atoms with Crippen LogP contribution in [0.3, 0.4) is 0 Å². The van der Waals surface area contributed by atoms with Gasteiger partial charge in [-0.1, -0.05) is 38.0 Å². The second-order valence-corrected chi connectivity index (χ2v) is 10.9. The Labute approximate surface area is 228 Å². The molecule has 3 aliphatic rings. The van der Waals surface area contributed by atoms with E-state index in [1.54, 1.807) is 6.21 Å². The maximum atomic E-state index is 6.28. The lowest BCUT2D eigenvalue weighted by Gasteiger charge is -2.42. The van der Waals surface area contributed by atoms with Crippen molar-refractivity contribution in [2.24, 2.45) is 5.73 Å². The number of likely N-dealkylation sites (N-methyl/N-ethyl adjacent to an activating group) is 1. The number of ether oxygens (including phenoxy) is 1. The SMILES string of the molecule is CCCC1(c2ccc(-n3c(C4=CC=[N+]=C4N)nc4ccc(-c5ccc6c(c5)OCCN6C)nc43)cc2)CCC1. The lowest BCUT2D eigenvalue weighted by Crippen LogP contribution is -2.33. The maximum absolute atomic E-state index is 6.28. The zero-order valence-corrected chi connectivity index (χ0v) is 22.5. The largest absolute Gasteiger partial charge is 0.490 e. The summed E-state index contributed by atoms with van der Waals surface area (Å²) >= 11 is 0. The van der Waals surface area contributed by atoms with Gasteiger partial charge in [-0.15, -0.1) is 0 Å². The van der Waals surface area contributed by atoms with Crippen molar-refractivity contribution in [2.45, 2.75) is 44.4 Å². The monoisotopic (exact) mass is 517 g/mol. The van der Waals surface area contributed by atoms with Crippen LogP contribution < -0.4 is 20.0 Å². The summed E-state index contributed by atoms with van der Waals surface area (Å²) in [5.41, 5.74) is 14.5. The van der Waals surface area contributed by atoms with Crippen LogP contribution in [0.1, 0.15) is 50.4 Å². The molecule has 1 saturated carbocycles. The Morgan fingerprint density at radius 1 is 1.05 bits per heavy atom. The van der Waals surface area contributed by atoms with E-state index in [0.717, 1.165) is 57.5 Å². The normalized spacial score (nSPS) is 17.4. The van der Waals surface area contributed by atoms with E-state index in [4.69, 9.17) is 20.4 Å². The van der Waals surface area contributed by atoms with Gasteiger partial charge < -0.3 is 9.64 Å². The van der Waals surface area contributed by atoms with E-state index in [2.05, 4.69) is 70.6 Å². The summed E-state index contributed by atoms with van der Waals surface area (Å²) in [5.74, 6) is 2.11. The molecule has 0 atom stereocenters. The molecule has 0 radical (unpaired) electrons. The van der Waals surface area contributed by atoms with Crippen molar-refractivity contribution in [1.29, 1.82) is 0 Å². The van der Waals surface area contributed by atoms with Gasteiger partial charge in [0.15, 0.2) is 17.7 Å². The fourth-order valence-corrected chi connectivity index (χ4v) is 6.33. The number of fused-ring (bicyclic) bond motifs is 2. The zero-order valence-electron chi connectivity index (χ0n) is 22.5. The number of anilines is 1. The van der Waals surface area contributed by atoms with Gasteiger partial charge in [0, 0.05) is 24.4 Å². The average molecular weight is 518 g/mol. The number of aromatic nitrogens is 3. The average Bonchev–Trinajstić information content (AvgIpc) is 3.53. The quantitative estimate of drug-likeness (QED) is 0.363. The van der Waals surface area contributed by atoms with E-state index in [0.29, 0.717) is 17.9 Å². The third-order valence-corrected chi connectivity index (χ3v) is 8.60. The molecule has 2 aliphatic heterocycles. The molecule has 7 rings (SSSR count). The molecule has 39 heavy (non-hydrogen) atoms. The molecule has 1 fully saturated rings. The molecule has 2 aromatic carbocycles. The molecule has 0 spiro atoms. The van der Waals surface area contributed by atoms with Gasteiger partial charge in [-0.05, 0) is 66.6 Å². The lowest BCUT2D eigenvalue weighted by atomic mass is 9.62. The highest BCUT2D eigenvalue weighted by molar-refractivity contribution is 6.27. The van der Waals surface area contributed by atoms with Crippen molar-refractivity contribution in [2.75, 3.05) is 25.1 Å². The van der Waals surface area contributed by atoms with Gasteiger partial charge >= 0.3 is 5.84 Å². The standard InChI is InChI=1S/C32H32N6O/c1-3-14-32(15-4-16-32)22-6-8-23(9-7-22)38-30(24-13-17-34-29(24)33)36-26-11-10-25(35-31(26)38)21-5-12-27-28(20-21)39-19-18-37(27)2/h5-13,17,20,33H,3-4,14-16,18-19H2,1-2H3/p+1. The van der Waals surface area contributed by atoms with Crippen LogP contribution in [0.4, 0.5) is 5.69 Å². The first-order valence-corrected chi connectivity index (χ1v) is 13.9. The Balaban J connectivity index is 1.35. The van der Waals surface area contributed by atoms with E-state index in [1.807, 2.05) is 18.2 Å². The predicted molar refractivity (Wildman–Crippen MR) is 159 cm³/mol. The maximum Gasteiger partial charge on any atom is 0.376 e. The van der Waals surface area contributed by atoms with Crippen molar-refractivity contribution < 1.29 is 4.74 Å². The third kappa shape index (κ3) is 3.84. The Hall–Kier alpha value is -4.35. The van der Waals surface area contributed by atoms with E-state index < -0.39 is 0 Å². The number of amidine groups is 1. The molecule has 7 nitrogen and oxygen atoms in total. The van der Waals surface area contributed by atoms with Gasteiger partial charge in [0.1, 0.15) is 23.4 Å². The number of rotatable bonds is 6. The molecule has 1 aliphatic carbocycles. The van der Waals surface area contributed by atoms with Crippen molar-refractivity contribution in [3.05, 3.63) is 72.1 Å². The van der Waals surface area contributed by atoms with Crippen LogP contribution in [0.2, 0.25) is 0 Å². The van der Waals surface area contributed by atoms with Crippen molar-refractivity contribution in [3.63, 3.8) is 0 Å². The Bertz CT molecular complexity index is 1690. The number of pyridine rings is 1. The summed E-state index contributed by atoms with van der Waals surface area (Å²) in [5, 5.41) is 0. The van der Waals surface area contributed by atoms with Crippen LogP contribution >= 0.6 is 0 Å². The van der Waals surface area contributed by atoms with E-state index >= 15 is 0 Å². The summed E-state index contributed by atoms with van der Waals surface area (Å²) in [7, 11) is 2.09. The van der Waals surface area contributed by atoms with Gasteiger partial charge in [-0.3, -0.25) is 10.3 Å².